The Morgan fingerprint density at radius 1 is 0.388 bits per heavy atom. The van der Waals surface area contributed by atoms with Crippen LogP contribution in [-0.4, -0.2) is 0 Å². The zero-order chi connectivity index (χ0) is 32.1. The Morgan fingerprint density at radius 3 is 1.92 bits per heavy atom. The predicted octanol–water partition coefficient (Wildman–Crippen LogP) is 13.0. The number of thiophene rings is 1. The topological polar surface area (TPSA) is 3.24 Å². The van der Waals surface area contributed by atoms with Crippen molar-refractivity contribution in [3.8, 4) is 22.3 Å². The molecule has 8 aromatic carbocycles. The molecule has 11 rings (SSSR count). The van der Waals surface area contributed by atoms with Crippen molar-refractivity contribution in [2.24, 2.45) is 0 Å². The van der Waals surface area contributed by atoms with E-state index in [0.29, 0.717) is 0 Å². The Morgan fingerprint density at radius 2 is 1.04 bits per heavy atom. The van der Waals surface area contributed by atoms with Gasteiger partial charge in [0, 0.05) is 42.8 Å². The second-order valence-electron chi connectivity index (χ2n) is 13.2. The number of nitrogens with zero attached hydrogens (tertiary/aromatic N) is 1. The largest absolute Gasteiger partial charge is 0.310 e. The van der Waals surface area contributed by atoms with Crippen LogP contribution in [0, 0.1) is 0 Å². The summed E-state index contributed by atoms with van der Waals surface area (Å²) in [5, 5.41) is 5.16. The highest BCUT2D eigenvalue weighted by Crippen LogP contribution is 2.65. The number of hydrogen-bond acceptors (Lipinski definition) is 2. The summed E-state index contributed by atoms with van der Waals surface area (Å²) in [7, 11) is 0. The summed E-state index contributed by atoms with van der Waals surface area (Å²) >= 11 is 1.93. The molecule has 9 aromatic rings. The van der Waals surface area contributed by atoms with E-state index in [1.807, 2.05) is 11.3 Å². The quantitative estimate of drug-likeness (QED) is 0.186. The van der Waals surface area contributed by atoms with Crippen molar-refractivity contribution in [1.29, 1.82) is 0 Å². The van der Waals surface area contributed by atoms with Gasteiger partial charge in [0.2, 0.25) is 0 Å². The van der Waals surface area contributed by atoms with Crippen molar-refractivity contribution in [2.45, 2.75) is 5.41 Å². The van der Waals surface area contributed by atoms with Crippen LogP contribution in [0.4, 0.5) is 17.1 Å². The van der Waals surface area contributed by atoms with Gasteiger partial charge in [0.1, 0.15) is 0 Å². The van der Waals surface area contributed by atoms with Crippen LogP contribution in [0.2, 0.25) is 0 Å². The van der Waals surface area contributed by atoms with Crippen molar-refractivity contribution < 1.29 is 0 Å². The molecule has 2 heteroatoms. The fourth-order valence-corrected chi connectivity index (χ4v) is 10.1. The summed E-state index contributed by atoms with van der Waals surface area (Å²) in [6.07, 6.45) is 0. The van der Waals surface area contributed by atoms with E-state index in [-0.39, 0.29) is 0 Å². The van der Waals surface area contributed by atoms with Crippen LogP contribution in [0.3, 0.4) is 0 Å². The van der Waals surface area contributed by atoms with Gasteiger partial charge in [0.25, 0.3) is 0 Å². The Balaban J connectivity index is 1.22. The van der Waals surface area contributed by atoms with Crippen molar-refractivity contribution in [3.05, 3.63) is 198 Å². The molecule has 228 valence electrons. The SMILES string of the molecule is c1ccc(N(c2ccc3c(c2)C2(c4ccccc4-3)c3ccccc3-c3c2ccc2c3sc3ccccc32)c2ccc3ccccc3c2)cc1. The van der Waals surface area contributed by atoms with Crippen LogP contribution in [0.1, 0.15) is 22.3 Å². The lowest BCUT2D eigenvalue weighted by molar-refractivity contribution is 0.794. The minimum Gasteiger partial charge on any atom is -0.310 e. The second kappa shape index (κ2) is 10.0. The minimum absolute atomic E-state index is 0.427. The summed E-state index contributed by atoms with van der Waals surface area (Å²) in [6.45, 7) is 0. The average molecular weight is 640 g/mol. The fourth-order valence-electron chi connectivity index (χ4n) is 8.87. The molecule has 49 heavy (non-hydrogen) atoms. The van der Waals surface area contributed by atoms with Crippen LogP contribution in [0.5, 0.6) is 0 Å². The molecule has 1 heterocycles. The van der Waals surface area contributed by atoms with Gasteiger partial charge >= 0.3 is 0 Å². The van der Waals surface area contributed by atoms with E-state index in [2.05, 4.69) is 181 Å². The third-order valence-corrected chi connectivity index (χ3v) is 12.0. The predicted molar refractivity (Wildman–Crippen MR) is 208 cm³/mol. The van der Waals surface area contributed by atoms with Gasteiger partial charge in [-0.15, -0.1) is 11.3 Å². The standard InChI is InChI=1S/C47H29NS/c1-2-14-32(15-3-1)48(33-23-22-30-12-4-5-13-31(30)28-33)34-24-25-36-35-16-6-9-19-40(35)47(43(36)29-34)41-20-10-7-18-39(41)45-42(47)27-26-38-37-17-8-11-21-44(37)49-46(38)45/h1-29H. The van der Waals surface area contributed by atoms with Gasteiger partial charge in [-0.05, 0) is 92.2 Å². The third kappa shape index (κ3) is 3.59. The number of hydrogen-bond donors (Lipinski definition) is 0. The molecule has 0 fully saturated rings. The molecule has 1 nitrogen and oxygen atoms in total. The van der Waals surface area contributed by atoms with Gasteiger partial charge in [-0.2, -0.15) is 0 Å². The number of benzene rings is 8. The van der Waals surface area contributed by atoms with Crippen LogP contribution >= 0.6 is 11.3 Å². The molecule has 1 unspecified atom stereocenters. The number of fused-ring (bicyclic) bond motifs is 15. The van der Waals surface area contributed by atoms with E-state index in [4.69, 9.17) is 0 Å². The summed E-state index contributed by atoms with van der Waals surface area (Å²) in [5.41, 5.74) is 13.8. The molecule has 0 bridgehead atoms. The molecule has 0 saturated heterocycles. The first kappa shape index (κ1) is 27.0. The summed E-state index contributed by atoms with van der Waals surface area (Å²) in [5.74, 6) is 0. The molecule has 2 aliphatic carbocycles. The Kier molecular flexibility index (Phi) is 5.53. The molecule has 0 saturated carbocycles. The first-order valence-corrected chi connectivity index (χ1v) is 17.8. The average Bonchev–Trinajstić information content (AvgIpc) is 3.79. The first-order valence-electron chi connectivity index (χ1n) is 16.9. The number of para-hydroxylation sites is 1. The van der Waals surface area contributed by atoms with E-state index in [9.17, 15) is 0 Å². The highest BCUT2D eigenvalue weighted by Gasteiger charge is 2.52. The highest BCUT2D eigenvalue weighted by molar-refractivity contribution is 7.26. The third-order valence-electron chi connectivity index (χ3n) is 10.8. The normalized spacial score (nSPS) is 15.4. The molecular formula is C47H29NS. The lowest BCUT2D eigenvalue weighted by Gasteiger charge is -2.32. The van der Waals surface area contributed by atoms with E-state index in [1.54, 1.807) is 0 Å². The summed E-state index contributed by atoms with van der Waals surface area (Å²) < 4.78 is 2.72. The smallest absolute Gasteiger partial charge is 0.0726 e. The Labute approximate surface area is 289 Å². The molecule has 1 aromatic heterocycles. The summed E-state index contributed by atoms with van der Waals surface area (Å²) in [6, 6.07) is 65.3. The van der Waals surface area contributed by atoms with Gasteiger partial charge in [-0.3, -0.25) is 0 Å². The molecule has 0 N–H and O–H groups in total. The first-order chi connectivity index (χ1) is 24.3. The maximum Gasteiger partial charge on any atom is 0.0726 e. The van der Waals surface area contributed by atoms with E-state index in [1.165, 1.54) is 75.5 Å². The Hall–Kier alpha value is -5.96. The number of rotatable bonds is 3. The highest BCUT2D eigenvalue weighted by atomic mass is 32.1. The van der Waals surface area contributed by atoms with Gasteiger partial charge in [0.05, 0.1) is 5.41 Å². The van der Waals surface area contributed by atoms with E-state index >= 15 is 0 Å². The summed E-state index contributed by atoms with van der Waals surface area (Å²) in [4.78, 5) is 2.42. The zero-order valence-electron chi connectivity index (χ0n) is 26.6. The molecule has 0 aliphatic heterocycles. The lowest BCUT2D eigenvalue weighted by Crippen LogP contribution is -2.26. The maximum absolute atomic E-state index is 2.48. The van der Waals surface area contributed by atoms with Gasteiger partial charge in [-0.1, -0.05) is 133 Å². The second-order valence-corrected chi connectivity index (χ2v) is 14.3. The molecule has 2 aliphatic rings. The zero-order valence-corrected chi connectivity index (χ0v) is 27.4. The van der Waals surface area contributed by atoms with Crippen LogP contribution in [0.15, 0.2) is 176 Å². The van der Waals surface area contributed by atoms with E-state index < -0.39 is 5.41 Å². The van der Waals surface area contributed by atoms with Crippen molar-refractivity contribution in [2.75, 3.05) is 4.90 Å². The molecule has 1 spiro atoms. The van der Waals surface area contributed by atoms with Gasteiger partial charge < -0.3 is 4.90 Å². The number of anilines is 3. The molecule has 0 amide bonds. The van der Waals surface area contributed by atoms with E-state index in [0.717, 1.165) is 17.1 Å². The molecular weight excluding hydrogens is 611 g/mol. The maximum atomic E-state index is 2.48. The van der Waals surface area contributed by atoms with Gasteiger partial charge in [-0.25, -0.2) is 0 Å². The molecule has 1 atom stereocenters. The van der Waals surface area contributed by atoms with Crippen molar-refractivity contribution in [1.82, 2.24) is 0 Å². The lowest BCUT2D eigenvalue weighted by atomic mass is 9.70. The Bertz CT molecular complexity index is 2790. The van der Waals surface area contributed by atoms with Crippen molar-refractivity contribution in [3.63, 3.8) is 0 Å². The van der Waals surface area contributed by atoms with Crippen LogP contribution in [-0.2, 0) is 5.41 Å². The van der Waals surface area contributed by atoms with Crippen molar-refractivity contribution >= 4 is 59.3 Å². The van der Waals surface area contributed by atoms with Crippen LogP contribution in [0.25, 0.3) is 53.2 Å². The fraction of sp³-hybridized carbons (Fsp3) is 0.0213. The minimum atomic E-state index is -0.427. The van der Waals surface area contributed by atoms with Gasteiger partial charge in [0.15, 0.2) is 0 Å². The van der Waals surface area contributed by atoms with Crippen LogP contribution < -0.4 is 4.90 Å². The monoisotopic (exact) mass is 639 g/mol. The molecule has 0 radical (unpaired) electrons.